The van der Waals surface area contributed by atoms with Gasteiger partial charge < -0.3 is 0 Å². The van der Waals surface area contributed by atoms with E-state index in [9.17, 15) is 0 Å². The van der Waals surface area contributed by atoms with E-state index in [2.05, 4.69) is 28.8 Å². The molecule has 0 radical (unpaired) electrons. The van der Waals surface area contributed by atoms with Crippen molar-refractivity contribution in [1.29, 1.82) is 0 Å². The summed E-state index contributed by atoms with van der Waals surface area (Å²) >= 11 is 1.19. The maximum absolute atomic E-state index is 5.13. The van der Waals surface area contributed by atoms with Crippen LogP contribution in [-0.4, -0.2) is 37.0 Å². The van der Waals surface area contributed by atoms with Gasteiger partial charge in [0.25, 0.3) is 0 Å². The van der Waals surface area contributed by atoms with Crippen molar-refractivity contribution in [3.8, 4) is 5.75 Å². The number of rotatable bonds is 4. The van der Waals surface area contributed by atoms with Crippen LogP contribution in [0.15, 0.2) is 29.2 Å². The van der Waals surface area contributed by atoms with Gasteiger partial charge in [0.05, 0.1) is 0 Å². The molecule has 1 aromatic rings. The summed E-state index contributed by atoms with van der Waals surface area (Å²) in [6.07, 6.45) is 0. The molecule has 0 atom stereocenters. The third kappa shape index (κ3) is 3.18. The molecule has 0 bridgehead atoms. The van der Waals surface area contributed by atoms with Gasteiger partial charge in [0.15, 0.2) is 0 Å². The zero-order valence-electron chi connectivity index (χ0n) is 8.61. The van der Waals surface area contributed by atoms with E-state index in [4.69, 9.17) is 4.74 Å². The Hall–Kier alpha value is -0.201. The summed E-state index contributed by atoms with van der Waals surface area (Å²) in [6, 6.07) is 8.33. The fraction of sp³-hybridized carbons (Fsp3) is 0.273. The van der Waals surface area contributed by atoms with E-state index < -0.39 is 0 Å². The van der Waals surface area contributed by atoms with Crippen LogP contribution >= 0.6 is 0 Å². The topological polar surface area (TPSA) is 9.23 Å². The number of benzene rings is 1. The standard InChI is InChI=1S/C11H14OSe2/c1-12-10-6-4-9(5-7-10)11(14-3)8-13-2/h4-8H,1-3H3/b11-8-. The van der Waals surface area contributed by atoms with Gasteiger partial charge in [-0.1, -0.05) is 0 Å². The second-order valence-electron chi connectivity index (χ2n) is 2.65. The molecule has 0 unspecified atom stereocenters. The maximum atomic E-state index is 5.13. The minimum atomic E-state index is 0.576. The van der Waals surface area contributed by atoms with Crippen molar-refractivity contribution in [3.63, 3.8) is 0 Å². The van der Waals surface area contributed by atoms with Crippen molar-refractivity contribution in [2.24, 2.45) is 0 Å². The zero-order valence-corrected chi connectivity index (χ0v) is 12.0. The number of ether oxygens (including phenoxy) is 1. The van der Waals surface area contributed by atoms with Crippen LogP contribution in [0.4, 0.5) is 0 Å². The molecule has 3 heteroatoms. The first-order valence-corrected chi connectivity index (χ1v) is 9.50. The monoisotopic (exact) mass is 322 g/mol. The summed E-state index contributed by atoms with van der Waals surface area (Å²) in [6.45, 7) is 0. The van der Waals surface area contributed by atoms with E-state index in [1.165, 1.54) is 10.0 Å². The first kappa shape index (κ1) is 11.9. The minimum absolute atomic E-state index is 0.576. The molecule has 0 aromatic heterocycles. The molecule has 0 amide bonds. The molecule has 1 nitrogen and oxygen atoms in total. The Morgan fingerprint density at radius 3 is 2.29 bits per heavy atom. The van der Waals surface area contributed by atoms with Crippen LogP contribution in [0, 0.1) is 0 Å². The normalized spacial score (nSPS) is 11.5. The van der Waals surface area contributed by atoms with Crippen molar-refractivity contribution in [2.45, 2.75) is 11.6 Å². The molecule has 0 spiro atoms. The Morgan fingerprint density at radius 2 is 1.86 bits per heavy atom. The average Bonchev–Trinajstić information content (AvgIpc) is 2.26. The number of methoxy groups -OCH3 is 1. The van der Waals surface area contributed by atoms with E-state index in [0.717, 1.165) is 5.75 Å². The summed E-state index contributed by atoms with van der Waals surface area (Å²) in [4.78, 5) is 2.37. The van der Waals surface area contributed by atoms with E-state index in [1.807, 2.05) is 12.1 Å². The first-order chi connectivity index (χ1) is 6.81. The quantitative estimate of drug-likeness (QED) is 0.775. The van der Waals surface area contributed by atoms with Crippen molar-refractivity contribution in [3.05, 3.63) is 34.8 Å². The number of hydrogen-bond donors (Lipinski definition) is 0. The Bertz CT molecular complexity index is 304. The van der Waals surface area contributed by atoms with Crippen molar-refractivity contribution >= 4 is 34.4 Å². The van der Waals surface area contributed by atoms with Gasteiger partial charge in [-0.05, 0) is 0 Å². The molecule has 0 aliphatic rings. The summed E-state index contributed by atoms with van der Waals surface area (Å²) < 4.78 is 6.63. The molecule has 76 valence electrons. The third-order valence-electron chi connectivity index (χ3n) is 1.82. The van der Waals surface area contributed by atoms with Gasteiger partial charge in [-0.3, -0.25) is 0 Å². The van der Waals surface area contributed by atoms with Crippen molar-refractivity contribution < 1.29 is 4.74 Å². The molecule has 14 heavy (non-hydrogen) atoms. The first-order valence-electron chi connectivity index (χ1n) is 4.23. The second-order valence-corrected chi connectivity index (χ2v) is 5.91. The molecule has 0 N–H and O–H groups in total. The second kappa shape index (κ2) is 6.31. The predicted octanol–water partition coefficient (Wildman–Crippen LogP) is 2.50. The van der Waals surface area contributed by atoms with Gasteiger partial charge in [0.2, 0.25) is 0 Å². The van der Waals surface area contributed by atoms with Crippen LogP contribution in [0.1, 0.15) is 5.56 Å². The van der Waals surface area contributed by atoms with Crippen LogP contribution in [0.2, 0.25) is 11.6 Å². The fourth-order valence-electron chi connectivity index (χ4n) is 1.10. The Labute approximate surface area is 98.2 Å². The van der Waals surface area contributed by atoms with E-state index in [0.29, 0.717) is 29.9 Å². The summed E-state index contributed by atoms with van der Waals surface area (Å²) in [5, 5.41) is 0. The van der Waals surface area contributed by atoms with Gasteiger partial charge in [-0.2, -0.15) is 0 Å². The summed E-state index contributed by atoms with van der Waals surface area (Å²) in [7, 11) is 1.70. The van der Waals surface area contributed by atoms with Gasteiger partial charge in [0, 0.05) is 0 Å². The zero-order chi connectivity index (χ0) is 10.4. The van der Waals surface area contributed by atoms with Gasteiger partial charge in [-0.25, -0.2) is 0 Å². The average molecular weight is 320 g/mol. The number of hydrogen-bond acceptors (Lipinski definition) is 1. The molecular formula is C11H14OSe2. The van der Waals surface area contributed by atoms with E-state index in [1.54, 1.807) is 7.11 Å². The molecule has 0 saturated carbocycles. The van der Waals surface area contributed by atoms with Gasteiger partial charge in [-0.15, -0.1) is 0 Å². The Kier molecular flexibility index (Phi) is 5.35. The van der Waals surface area contributed by atoms with Crippen LogP contribution in [0.25, 0.3) is 4.47 Å². The Morgan fingerprint density at radius 1 is 1.21 bits per heavy atom. The van der Waals surface area contributed by atoms with Crippen LogP contribution in [0.3, 0.4) is 0 Å². The third-order valence-corrected chi connectivity index (χ3v) is 5.23. The van der Waals surface area contributed by atoms with Crippen LogP contribution in [-0.2, 0) is 0 Å². The molecule has 0 heterocycles. The van der Waals surface area contributed by atoms with Crippen LogP contribution in [0.5, 0.6) is 5.75 Å². The molecule has 0 aliphatic carbocycles. The van der Waals surface area contributed by atoms with Crippen molar-refractivity contribution in [2.75, 3.05) is 7.11 Å². The summed E-state index contributed by atoms with van der Waals surface area (Å²) in [5.41, 5.74) is 1.34. The molecule has 1 rings (SSSR count). The molecule has 0 aliphatic heterocycles. The SMILES string of the molecule is COc1ccc(/C(=C/[Se]C)[Se]C)cc1. The summed E-state index contributed by atoms with van der Waals surface area (Å²) in [5.74, 6) is 5.43. The fourth-order valence-corrected chi connectivity index (χ4v) is 4.91. The Balaban J connectivity index is 2.89. The van der Waals surface area contributed by atoms with E-state index in [-0.39, 0.29) is 0 Å². The molecular weight excluding hydrogens is 306 g/mol. The molecule has 1 aromatic carbocycles. The van der Waals surface area contributed by atoms with Gasteiger partial charge in [0.1, 0.15) is 0 Å². The molecule has 0 saturated heterocycles. The van der Waals surface area contributed by atoms with E-state index >= 15 is 0 Å². The van der Waals surface area contributed by atoms with Crippen LogP contribution < -0.4 is 4.74 Å². The van der Waals surface area contributed by atoms with Gasteiger partial charge >= 0.3 is 98.4 Å². The van der Waals surface area contributed by atoms with Crippen molar-refractivity contribution in [1.82, 2.24) is 0 Å². The molecule has 0 fully saturated rings. The predicted molar refractivity (Wildman–Crippen MR) is 64.2 cm³/mol.